The van der Waals surface area contributed by atoms with Crippen molar-refractivity contribution in [2.75, 3.05) is 11.5 Å². The fraction of sp³-hybridized carbons (Fsp3) is 0.583. The van der Waals surface area contributed by atoms with Gasteiger partial charge in [0.1, 0.15) is 9.84 Å². The van der Waals surface area contributed by atoms with E-state index in [4.69, 9.17) is 5.84 Å². The monoisotopic (exact) mass is 271 g/mol. The van der Waals surface area contributed by atoms with E-state index < -0.39 is 9.84 Å². The molecule has 1 unspecified atom stereocenters. The minimum Gasteiger partial charge on any atom is -0.271 e. The number of sulfone groups is 1. The highest BCUT2D eigenvalue weighted by atomic mass is 32.2. The third-order valence-corrected chi connectivity index (χ3v) is 4.68. The number of hydrazine groups is 1. The molecule has 6 heteroatoms. The van der Waals surface area contributed by atoms with Gasteiger partial charge in [0.25, 0.3) is 0 Å². The summed E-state index contributed by atoms with van der Waals surface area (Å²) in [6.45, 7) is 1.67. The predicted octanol–water partition coefficient (Wildman–Crippen LogP) is 0.671. The minimum absolute atomic E-state index is 0.0845. The molecule has 18 heavy (non-hydrogen) atoms. The molecule has 0 amide bonds. The van der Waals surface area contributed by atoms with E-state index in [0.29, 0.717) is 6.42 Å². The van der Waals surface area contributed by atoms with Crippen LogP contribution in [0.1, 0.15) is 25.3 Å². The molecule has 0 aliphatic heterocycles. The molecule has 3 N–H and O–H groups in total. The molecule has 0 bridgehead atoms. The Morgan fingerprint density at radius 2 is 2.28 bits per heavy atom. The van der Waals surface area contributed by atoms with Crippen molar-refractivity contribution in [1.82, 2.24) is 10.4 Å². The van der Waals surface area contributed by atoms with Crippen LogP contribution < -0.4 is 11.3 Å². The van der Waals surface area contributed by atoms with Crippen molar-refractivity contribution in [2.24, 2.45) is 5.84 Å². The number of nitrogens with one attached hydrogen (secondary N) is 1. The number of nitrogens with two attached hydrogens (primary N) is 1. The molecule has 1 aromatic rings. The van der Waals surface area contributed by atoms with Gasteiger partial charge in [0.2, 0.25) is 0 Å². The largest absolute Gasteiger partial charge is 0.271 e. The first kappa shape index (κ1) is 15.1. The summed E-state index contributed by atoms with van der Waals surface area (Å²) in [6.07, 6.45) is 5.65. The zero-order valence-corrected chi connectivity index (χ0v) is 11.5. The zero-order valence-electron chi connectivity index (χ0n) is 10.7. The molecule has 0 aliphatic carbocycles. The van der Waals surface area contributed by atoms with E-state index in [9.17, 15) is 8.42 Å². The van der Waals surface area contributed by atoms with Crippen LogP contribution in [0.25, 0.3) is 0 Å². The SMILES string of the molecule is CCS(=O)(=O)CCCC(Cc1cccnc1)NN. The van der Waals surface area contributed by atoms with Crippen LogP contribution in [-0.2, 0) is 16.3 Å². The van der Waals surface area contributed by atoms with Crippen molar-refractivity contribution < 1.29 is 8.42 Å². The summed E-state index contributed by atoms with van der Waals surface area (Å²) in [5.74, 6) is 5.92. The molecule has 0 fully saturated rings. The van der Waals surface area contributed by atoms with Gasteiger partial charge in [-0.2, -0.15) is 0 Å². The van der Waals surface area contributed by atoms with E-state index in [-0.39, 0.29) is 17.5 Å². The minimum atomic E-state index is -2.88. The number of hydrogen-bond donors (Lipinski definition) is 2. The predicted molar refractivity (Wildman–Crippen MR) is 72.6 cm³/mol. The van der Waals surface area contributed by atoms with Crippen LogP contribution in [0.5, 0.6) is 0 Å². The molecular formula is C12H21N3O2S. The Labute approximate surface area is 109 Å². The lowest BCUT2D eigenvalue weighted by Gasteiger charge is -2.15. The summed E-state index contributed by atoms with van der Waals surface area (Å²) in [5.41, 5.74) is 3.83. The van der Waals surface area contributed by atoms with Gasteiger partial charge in [0.15, 0.2) is 0 Å². The lowest BCUT2D eigenvalue weighted by Crippen LogP contribution is -2.37. The van der Waals surface area contributed by atoms with Crippen molar-refractivity contribution in [3.05, 3.63) is 30.1 Å². The number of aromatic nitrogens is 1. The van der Waals surface area contributed by atoms with E-state index >= 15 is 0 Å². The molecule has 0 radical (unpaired) electrons. The molecule has 1 heterocycles. The van der Waals surface area contributed by atoms with E-state index in [1.807, 2.05) is 12.1 Å². The first-order valence-corrected chi connectivity index (χ1v) is 7.95. The van der Waals surface area contributed by atoms with Crippen LogP contribution in [0.15, 0.2) is 24.5 Å². The van der Waals surface area contributed by atoms with Crippen LogP contribution in [-0.4, -0.2) is 30.9 Å². The van der Waals surface area contributed by atoms with Gasteiger partial charge in [0.05, 0.1) is 5.75 Å². The van der Waals surface area contributed by atoms with Gasteiger partial charge in [-0.15, -0.1) is 0 Å². The average Bonchev–Trinajstić information content (AvgIpc) is 2.38. The van der Waals surface area contributed by atoms with Gasteiger partial charge < -0.3 is 0 Å². The van der Waals surface area contributed by atoms with Crippen molar-refractivity contribution in [3.8, 4) is 0 Å². The van der Waals surface area contributed by atoms with Gasteiger partial charge in [0, 0.05) is 24.2 Å². The first-order valence-electron chi connectivity index (χ1n) is 6.13. The molecule has 0 saturated heterocycles. The van der Waals surface area contributed by atoms with Crippen molar-refractivity contribution >= 4 is 9.84 Å². The average molecular weight is 271 g/mol. The second-order valence-electron chi connectivity index (χ2n) is 4.31. The quantitative estimate of drug-likeness (QED) is 0.536. The van der Waals surface area contributed by atoms with Crippen LogP contribution in [0, 0.1) is 0 Å². The second kappa shape index (κ2) is 7.45. The van der Waals surface area contributed by atoms with Crippen molar-refractivity contribution in [1.29, 1.82) is 0 Å². The molecule has 1 atom stereocenters. The summed E-state index contributed by atoms with van der Waals surface area (Å²) < 4.78 is 22.7. The molecule has 0 saturated carbocycles. The summed E-state index contributed by atoms with van der Waals surface area (Å²) in [6, 6.07) is 3.95. The topological polar surface area (TPSA) is 85.1 Å². The Kier molecular flexibility index (Phi) is 6.24. The van der Waals surface area contributed by atoms with Gasteiger partial charge in [-0.3, -0.25) is 16.3 Å². The van der Waals surface area contributed by atoms with E-state index in [1.54, 1.807) is 19.3 Å². The Morgan fingerprint density at radius 3 is 2.83 bits per heavy atom. The van der Waals surface area contributed by atoms with Crippen LogP contribution in [0.2, 0.25) is 0 Å². The second-order valence-corrected chi connectivity index (χ2v) is 6.78. The molecular weight excluding hydrogens is 250 g/mol. The number of pyridine rings is 1. The number of rotatable bonds is 8. The van der Waals surface area contributed by atoms with Crippen molar-refractivity contribution in [2.45, 2.75) is 32.2 Å². The van der Waals surface area contributed by atoms with Gasteiger partial charge in [-0.05, 0) is 30.9 Å². The Hall–Kier alpha value is -0.980. The lowest BCUT2D eigenvalue weighted by molar-refractivity contribution is 0.484. The third-order valence-electron chi connectivity index (χ3n) is 2.89. The number of hydrogen-bond acceptors (Lipinski definition) is 5. The first-order chi connectivity index (χ1) is 8.57. The molecule has 102 valence electrons. The number of nitrogens with zero attached hydrogens (tertiary/aromatic N) is 1. The van der Waals surface area contributed by atoms with Gasteiger partial charge in [-0.25, -0.2) is 8.42 Å². The third kappa shape index (κ3) is 5.57. The highest BCUT2D eigenvalue weighted by Gasteiger charge is 2.11. The summed E-state index contributed by atoms with van der Waals surface area (Å²) in [4.78, 5) is 4.04. The van der Waals surface area contributed by atoms with E-state index in [1.165, 1.54) is 0 Å². The Bertz CT molecular complexity index is 434. The van der Waals surface area contributed by atoms with Gasteiger partial charge >= 0.3 is 0 Å². The summed E-state index contributed by atoms with van der Waals surface area (Å²) in [7, 11) is -2.88. The smallest absolute Gasteiger partial charge is 0.150 e. The molecule has 5 nitrogen and oxygen atoms in total. The Morgan fingerprint density at radius 1 is 1.50 bits per heavy atom. The highest BCUT2D eigenvalue weighted by Crippen LogP contribution is 2.07. The summed E-state index contributed by atoms with van der Waals surface area (Å²) >= 11 is 0. The molecule has 1 aromatic heterocycles. The standard InChI is InChI=1S/C12H21N3O2S/c1-2-18(16,17)8-4-6-12(15-13)9-11-5-3-7-14-10-11/h3,5,7,10,12,15H,2,4,6,8-9,13H2,1H3. The van der Waals surface area contributed by atoms with E-state index in [2.05, 4.69) is 10.4 Å². The molecule has 1 rings (SSSR count). The zero-order chi connectivity index (χ0) is 13.4. The summed E-state index contributed by atoms with van der Waals surface area (Å²) in [5, 5.41) is 0. The highest BCUT2D eigenvalue weighted by molar-refractivity contribution is 7.91. The van der Waals surface area contributed by atoms with Gasteiger partial charge in [-0.1, -0.05) is 13.0 Å². The van der Waals surface area contributed by atoms with Crippen molar-refractivity contribution in [3.63, 3.8) is 0 Å². The van der Waals surface area contributed by atoms with E-state index in [0.717, 1.165) is 18.4 Å². The molecule has 0 aliphatic rings. The fourth-order valence-electron chi connectivity index (χ4n) is 1.74. The Balaban J connectivity index is 2.39. The lowest BCUT2D eigenvalue weighted by atomic mass is 10.0. The van der Waals surface area contributed by atoms with Crippen LogP contribution in [0.4, 0.5) is 0 Å². The van der Waals surface area contributed by atoms with Crippen LogP contribution >= 0.6 is 0 Å². The van der Waals surface area contributed by atoms with Crippen LogP contribution in [0.3, 0.4) is 0 Å². The maximum absolute atomic E-state index is 11.4. The maximum atomic E-state index is 11.4. The normalized spacial score (nSPS) is 13.4. The fourth-order valence-corrected chi connectivity index (χ4v) is 2.64. The maximum Gasteiger partial charge on any atom is 0.150 e. The molecule has 0 aromatic carbocycles. The molecule has 0 spiro atoms.